The molecule has 1 unspecified atom stereocenters. The van der Waals surface area contributed by atoms with Gasteiger partial charge in [0.25, 0.3) is 0 Å². The summed E-state index contributed by atoms with van der Waals surface area (Å²) >= 11 is 0. The van der Waals surface area contributed by atoms with Crippen LogP contribution in [0, 0.1) is 0 Å². The second kappa shape index (κ2) is 5.57. The van der Waals surface area contributed by atoms with Crippen LogP contribution in [0.15, 0.2) is 46.2 Å². The monoisotopic (exact) mass is 280 g/mol. The van der Waals surface area contributed by atoms with Gasteiger partial charge < -0.3 is 4.74 Å². The molecule has 0 saturated carbocycles. The van der Waals surface area contributed by atoms with Crippen molar-refractivity contribution < 1.29 is 17.9 Å². The summed E-state index contributed by atoms with van der Waals surface area (Å²) in [5.74, 6) is -0.389. The van der Waals surface area contributed by atoms with Gasteiger partial charge in [-0.25, -0.2) is 8.42 Å². The Morgan fingerprint density at radius 1 is 1.26 bits per heavy atom. The molecule has 1 aromatic carbocycles. The molecule has 0 N–H and O–H groups in total. The first-order valence-corrected chi connectivity index (χ1v) is 7.66. The van der Waals surface area contributed by atoms with Crippen LogP contribution in [0.25, 0.3) is 0 Å². The van der Waals surface area contributed by atoms with E-state index in [2.05, 4.69) is 0 Å². The first-order chi connectivity index (χ1) is 9.00. The van der Waals surface area contributed by atoms with Crippen molar-refractivity contribution in [2.45, 2.75) is 37.2 Å². The Kier molecular flexibility index (Phi) is 4.04. The average molecular weight is 280 g/mol. The highest BCUT2D eigenvalue weighted by Crippen LogP contribution is 2.29. The number of carbonyl (C=O) groups excluding carboxylic acids is 1. The molecule has 0 bridgehead atoms. The summed E-state index contributed by atoms with van der Waals surface area (Å²) in [6.45, 7) is 1.33. The Balaban J connectivity index is 2.30. The molecule has 0 fully saturated rings. The first-order valence-electron chi connectivity index (χ1n) is 6.18. The number of hydrogen-bond donors (Lipinski definition) is 0. The summed E-state index contributed by atoms with van der Waals surface area (Å²) in [5, 5.41) is 0. The van der Waals surface area contributed by atoms with Gasteiger partial charge in [-0.2, -0.15) is 0 Å². The Morgan fingerprint density at radius 2 is 1.95 bits per heavy atom. The zero-order valence-corrected chi connectivity index (χ0v) is 11.5. The minimum Gasteiger partial charge on any atom is -0.458 e. The van der Waals surface area contributed by atoms with Gasteiger partial charge in [0.05, 0.1) is 4.90 Å². The van der Waals surface area contributed by atoms with Crippen molar-refractivity contribution in [2.75, 3.05) is 0 Å². The predicted octanol–water partition coefficient (Wildman–Crippen LogP) is 2.46. The van der Waals surface area contributed by atoms with E-state index in [0.717, 1.165) is 0 Å². The highest BCUT2D eigenvalue weighted by Gasteiger charge is 2.25. The molecule has 19 heavy (non-hydrogen) atoms. The van der Waals surface area contributed by atoms with Crippen LogP contribution < -0.4 is 0 Å². The lowest BCUT2D eigenvalue weighted by Crippen LogP contribution is -2.20. The van der Waals surface area contributed by atoms with Crippen molar-refractivity contribution >= 4 is 15.8 Å². The zero-order chi connectivity index (χ0) is 13.9. The molecule has 5 heteroatoms. The van der Waals surface area contributed by atoms with E-state index in [0.29, 0.717) is 24.2 Å². The molecule has 0 radical (unpaired) electrons. The van der Waals surface area contributed by atoms with Gasteiger partial charge in [0.2, 0.25) is 9.84 Å². The van der Waals surface area contributed by atoms with Crippen molar-refractivity contribution in [3.05, 3.63) is 41.3 Å². The third-order valence-corrected chi connectivity index (χ3v) is 4.92. The smallest absolute Gasteiger partial charge is 0.303 e. The van der Waals surface area contributed by atoms with Gasteiger partial charge in [0, 0.05) is 11.8 Å². The minimum atomic E-state index is -3.46. The fourth-order valence-corrected chi connectivity index (χ4v) is 3.69. The van der Waals surface area contributed by atoms with Gasteiger partial charge in [0.1, 0.15) is 6.10 Å². The van der Waals surface area contributed by atoms with Crippen molar-refractivity contribution in [3.63, 3.8) is 0 Å². The maximum Gasteiger partial charge on any atom is 0.303 e. The number of hydrogen-bond acceptors (Lipinski definition) is 4. The summed E-state index contributed by atoms with van der Waals surface area (Å²) < 4.78 is 29.9. The average Bonchev–Trinajstić information content (AvgIpc) is 2.39. The van der Waals surface area contributed by atoms with Crippen LogP contribution in [0.4, 0.5) is 0 Å². The lowest BCUT2D eigenvalue weighted by Gasteiger charge is -2.20. The van der Waals surface area contributed by atoms with Crippen LogP contribution >= 0.6 is 0 Å². The number of benzene rings is 1. The van der Waals surface area contributed by atoms with E-state index in [4.69, 9.17) is 4.74 Å². The topological polar surface area (TPSA) is 60.4 Å². The van der Waals surface area contributed by atoms with Crippen molar-refractivity contribution in [2.24, 2.45) is 0 Å². The largest absolute Gasteiger partial charge is 0.458 e. The van der Waals surface area contributed by atoms with E-state index in [1.54, 1.807) is 36.4 Å². The molecule has 0 aliphatic heterocycles. The molecule has 0 amide bonds. The van der Waals surface area contributed by atoms with Crippen LogP contribution in [0.5, 0.6) is 0 Å². The summed E-state index contributed by atoms with van der Waals surface area (Å²) in [4.78, 5) is 11.6. The summed E-state index contributed by atoms with van der Waals surface area (Å²) in [6.07, 6.45) is 3.01. The lowest BCUT2D eigenvalue weighted by molar-refractivity contribution is -0.144. The number of sulfone groups is 1. The lowest BCUT2D eigenvalue weighted by atomic mass is 10.1. The Labute approximate surface area is 113 Å². The Bertz CT molecular complexity index is 587. The molecule has 2 rings (SSSR count). The van der Waals surface area contributed by atoms with E-state index in [1.807, 2.05) is 0 Å². The van der Waals surface area contributed by atoms with Crippen LogP contribution in [-0.2, 0) is 19.4 Å². The standard InChI is InChI=1S/C14H16O4S/c1-11(15)18-12-6-5-9-14(10-12)19(16,17)13-7-3-2-4-8-13/h2-4,7-8,10,12H,5-6,9H2,1H3. The second-order valence-electron chi connectivity index (χ2n) is 4.49. The van der Waals surface area contributed by atoms with Gasteiger partial charge in [-0.3, -0.25) is 4.79 Å². The Hall–Kier alpha value is -1.62. The fourth-order valence-electron chi connectivity index (χ4n) is 2.13. The maximum absolute atomic E-state index is 12.4. The third-order valence-electron chi connectivity index (χ3n) is 3.00. The zero-order valence-electron chi connectivity index (χ0n) is 10.7. The van der Waals surface area contributed by atoms with E-state index in [-0.39, 0.29) is 10.9 Å². The number of esters is 1. The van der Waals surface area contributed by atoms with Gasteiger partial charge in [0.15, 0.2) is 0 Å². The number of rotatable bonds is 3. The molecule has 0 saturated heterocycles. The summed E-state index contributed by atoms with van der Waals surface area (Å²) in [7, 11) is -3.46. The molecule has 102 valence electrons. The number of ether oxygens (including phenoxy) is 1. The van der Waals surface area contributed by atoms with E-state index in [1.165, 1.54) is 6.92 Å². The molecule has 0 aromatic heterocycles. The van der Waals surface area contributed by atoms with Gasteiger partial charge >= 0.3 is 5.97 Å². The molecular weight excluding hydrogens is 264 g/mol. The van der Waals surface area contributed by atoms with E-state index in [9.17, 15) is 13.2 Å². The number of allylic oxidation sites excluding steroid dienone is 1. The predicted molar refractivity (Wildman–Crippen MR) is 71.1 cm³/mol. The molecule has 0 heterocycles. The van der Waals surface area contributed by atoms with Gasteiger partial charge in [-0.1, -0.05) is 18.2 Å². The summed E-state index contributed by atoms with van der Waals surface area (Å²) in [5.41, 5.74) is 0. The highest BCUT2D eigenvalue weighted by atomic mass is 32.2. The Morgan fingerprint density at radius 3 is 2.58 bits per heavy atom. The van der Waals surface area contributed by atoms with Crippen LogP contribution in [0.3, 0.4) is 0 Å². The fraction of sp³-hybridized carbons (Fsp3) is 0.357. The third kappa shape index (κ3) is 3.23. The maximum atomic E-state index is 12.4. The minimum absolute atomic E-state index is 0.282. The molecule has 4 nitrogen and oxygen atoms in total. The molecule has 1 atom stereocenters. The van der Waals surface area contributed by atoms with Crippen LogP contribution in [-0.4, -0.2) is 20.5 Å². The van der Waals surface area contributed by atoms with Crippen LogP contribution in [0.1, 0.15) is 26.2 Å². The number of carbonyl (C=O) groups is 1. The van der Waals surface area contributed by atoms with Gasteiger partial charge in [-0.05, 0) is 37.5 Å². The normalized spacial score (nSPS) is 19.6. The van der Waals surface area contributed by atoms with Crippen molar-refractivity contribution in [1.29, 1.82) is 0 Å². The van der Waals surface area contributed by atoms with Crippen molar-refractivity contribution in [3.8, 4) is 0 Å². The van der Waals surface area contributed by atoms with Gasteiger partial charge in [-0.15, -0.1) is 0 Å². The second-order valence-corrected chi connectivity index (χ2v) is 6.49. The van der Waals surface area contributed by atoms with Crippen LogP contribution in [0.2, 0.25) is 0 Å². The SMILES string of the molecule is CC(=O)OC1C=C(S(=O)(=O)c2ccccc2)CCC1. The molecule has 1 aliphatic carbocycles. The molecule has 0 spiro atoms. The quantitative estimate of drug-likeness (QED) is 0.798. The molecule has 1 aliphatic rings. The van der Waals surface area contributed by atoms with Crippen molar-refractivity contribution in [1.82, 2.24) is 0 Å². The van der Waals surface area contributed by atoms with E-state index >= 15 is 0 Å². The summed E-state index contributed by atoms with van der Waals surface area (Å²) in [6, 6.07) is 8.31. The highest BCUT2D eigenvalue weighted by molar-refractivity contribution is 7.95. The molecule has 1 aromatic rings. The van der Waals surface area contributed by atoms with E-state index < -0.39 is 15.9 Å². The molecular formula is C14H16O4S. The first kappa shape index (κ1) is 13.8.